The second kappa shape index (κ2) is 8.97. The third kappa shape index (κ3) is 4.29. The Morgan fingerprint density at radius 2 is 1.79 bits per heavy atom. The molecule has 0 bridgehead atoms. The normalized spacial score (nSPS) is 20.3. The number of hydrogen-bond acceptors (Lipinski definition) is 3. The molecule has 0 radical (unpaired) electrons. The summed E-state index contributed by atoms with van der Waals surface area (Å²) >= 11 is 0. The highest BCUT2D eigenvalue weighted by atomic mass is 19.4. The summed E-state index contributed by atoms with van der Waals surface area (Å²) in [6.45, 7) is 3.60. The van der Waals surface area contributed by atoms with E-state index in [1.54, 1.807) is 48.8 Å². The fourth-order valence-electron chi connectivity index (χ4n) is 5.24. The van der Waals surface area contributed by atoms with E-state index in [2.05, 4.69) is 10.4 Å². The first kappa shape index (κ1) is 25.4. The van der Waals surface area contributed by atoms with Crippen LogP contribution in [0.5, 0.6) is 0 Å². The van der Waals surface area contributed by atoms with Crippen molar-refractivity contribution in [3.05, 3.63) is 101 Å². The Morgan fingerprint density at radius 1 is 1.08 bits per heavy atom. The van der Waals surface area contributed by atoms with Gasteiger partial charge in [-0.2, -0.15) is 18.3 Å². The number of rotatable bonds is 4. The summed E-state index contributed by atoms with van der Waals surface area (Å²) in [6.07, 6.45) is 2.35. The van der Waals surface area contributed by atoms with Crippen LogP contribution in [0.4, 0.5) is 29.1 Å². The molecular weight excluding hydrogens is 500 g/mol. The van der Waals surface area contributed by atoms with E-state index in [4.69, 9.17) is 0 Å². The van der Waals surface area contributed by atoms with Crippen molar-refractivity contribution in [2.24, 2.45) is 18.4 Å². The molecule has 2 amide bonds. The highest BCUT2D eigenvalue weighted by Crippen LogP contribution is 2.54. The first-order chi connectivity index (χ1) is 17.9. The molecule has 38 heavy (non-hydrogen) atoms. The largest absolute Gasteiger partial charge is 0.417 e. The number of hydrogen-bond donors (Lipinski definition) is 1. The number of nitrogens with one attached hydrogen (secondary N) is 1. The van der Waals surface area contributed by atoms with E-state index in [0.29, 0.717) is 17.1 Å². The van der Waals surface area contributed by atoms with Gasteiger partial charge in [0.1, 0.15) is 5.82 Å². The zero-order valence-corrected chi connectivity index (χ0v) is 20.8. The molecule has 2 atom stereocenters. The Hall–Kier alpha value is -4.21. The minimum absolute atomic E-state index is 0.159. The Bertz CT molecular complexity index is 1490. The molecule has 6 nitrogen and oxygen atoms in total. The summed E-state index contributed by atoms with van der Waals surface area (Å²) in [5.74, 6) is -2.13. The van der Waals surface area contributed by atoms with Crippen LogP contribution in [-0.2, 0) is 18.0 Å². The van der Waals surface area contributed by atoms with Crippen molar-refractivity contribution in [1.82, 2.24) is 9.78 Å². The molecule has 1 N–H and O–H groups in total. The third-order valence-corrected chi connectivity index (χ3v) is 7.06. The second-order valence-electron chi connectivity index (χ2n) is 9.95. The average Bonchev–Trinajstić information content (AvgIpc) is 3.37. The van der Waals surface area contributed by atoms with Crippen LogP contribution in [0.2, 0.25) is 0 Å². The minimum atomic E-state index is -4.78. The molecule has 1 saturated heterocycles. The summed E-state index contributed by atoms with van der Waals surface area (Å²) < 4.78 is 56.5. The number of nitrogens with zero attached hydrogens (tertiary/aromatic N) is 3. The van der Waals surface area contributed by atoms with Crippen molar-refractivity contribution in [2.45, 2.75) is 25.9 Å². The SMILES string of the molecule is Cn1ccc(N2C(=O)C(C)(C)C3C2=CC=CC3c2ccc(C(F)(F)F)c(C(=O)Nc3ccc(F)cc3)c2)n1. The lowest BCUT2D eigenvalue weighted by Crippen LogP contribution is -2.33. The van der Waals surface area contributed by atoms with E-state index >= 15 is 0 Å². The van der Waals surface area contributed by atoms with E-state index in [0.717, 1.165) is 18.2 Å². The molecule has 2 aliphatic rings. The van der Waals surface area contributed by atoms with Crippen molar-refractivity contribution in [2.75, 3.05) is 10.2 Å². The molecule has 1 aliphatic carbocycles. The van der Waals surface area contributed by atoms with Gasteiger partial charge in [-0.05, 0) is 48.0 Å². The molecule has 2 unspecified atom stereocenters. The van der Waals surface area contributed by atoms with Gasteiger partial charge < -0.3 is 5.32 Å². The molecule has 10 heteroatoms. The van der Waals surface area contributed by atoms with Crippen LogP contribution in [0.1, 0.15) is 41.3 Å². The van der Waals surface area contributed by atoms with Crippen LogP contribution in [-0.4, -0.2) is 21.6 Å². The zero-order valence-electron chi connectivity index (χ0n) is 20.8. The molecule has 2 aromatic carbocycles. The fraction of sp³-hybridized carbons (Fsp3) is 0.250. The lowest BCUT2D eigenvalue weighted by molar-refractivity contribution is -0.137. The molecule has 1 fully saturated rings. The van der Waals surface area contributed by atoms with Crippen molar-refractivity contribution in [1.29, 1.82) is 0 Å². The summed E-state index contributed by atoms with van der Waals surface area (Å²) in [5, 5.41) is 6.79. The Labute approximate surface area is 216 Å². The van der Waals surface area contributed by atoms with Gasteiger partial charge in [-0.3, -0.25) is 19.2 Å². The predicted molar refractivity (Wildman–Crippen MR) is 134 cm³/mol. The minimum Gasteiger partial charge on any atom is -0.322 e. The zero-order chi connectivity index (χ0) is 27.4. The van der Waals surface area contributed by atoms with Crippen LogP contribution in [0.25, 0.3) is 0 Å². The number of fused-ring (bicyclic) bond motifs is 1. The van der Waals surface area contributed by atoms with Gasteiger partial charge in [-0.1, -0.05) is 32.1 Å². The second-order valence-corrected chi connectivity index (χ2v) is 9.95. The number of benzene rings is 2. The molecular formula is C28H24F4N4O2. The number of aromatic nitrogens is 2. The van der Waals surface area contributed by atoms with E-state index in [1.165, 1.54) is 24.3 Å². The van der Waals surface area contributed by atoms with Crippen LogP contribution in [0.15, 0.2) is 78.7 Å². The molecule has 1 aromatic heterocycles. The number of carbonyl (C=O) groups is 2. The maximum Gasteiger partial charge on any atom is 0.417 e. The molecule has 2 heterocycles. The third-order valence-electron chi connectivity index (χ3n) is 7.06. The van der Waals surface area contributed by atoms with E-state index < -0.39 is 46.3 Å². The molecule has 196 valence electrons. The predicted octanol–water partition coefficient (Wildman–Crippen LogP) is 6.06. The lowest BCUT2D eigenvalue weighted by Gasteiger charge is -2.32. The van der Waals surface area contributed by atoms with Crippen molar-refractivity contribution in [3.8, 4) is 0 Å². The molecule has 3 aromatic rings. The van der Waals surface area contributed by atoms with Gasteiger partial charge in [0.15, 0.2) is 5.82 Å². The van der Waals surface area contributed by atoms with Crippen LogP contribution in [0.3, 0.4) is 0 Å². The van der Waals surface area contributed by atoms with Gasteiger partial charge in [0.25, 0.3) is 5.91 Å². The van der Waals surface area contributed by atoms with Crippen molar-refractivity contribution >= 4 is 23.3 Å². The number of carbonyl (C=O) groups excluding carboxylic acids is 2. The van der Waals surface area contributed by atoms with Crippen LogP contribution < -0.4 is 10.2 Å². The summed E-state index contributed by atoms with van der Waals surface area (Å²) in [5.41, 5.74) is -1.26. The fourth-order valence-corrected chi connectivity index (χ4v) is 5.24. The van der Waals surface area contributed by atoms with Gasteiger partial charge in [0.05, 0.1) is 16.5 Å². The molecule has 0 spiro atoms. The maximum atomic E-state index is 13.9. The monoisotopic (exact) mass is 524 g/mol. The van der Waals surface area contributed by atoms with Crippen molar-refractivity contribution < 1.29 is 27.2 Å². The Kier molecular flexibility index (Phi) is 6.00. The van der Waals surface area contributed by atoms with E-state index in [9.17, 15) is 27.2 Å². The number of amides is 2. The van der Waals surface area contributed by atoms with Gasteiger partial charge in [0.2, 0.25) is 5.91 Å². The van der Waals surface area contributed by atoms with Gasteiger partial charge in [0, 0.05) is 42.5 Å². The first-order valence-corrected chi connectivity index (χ1v) is 11.9. The van der Waals surface area contributed by atoms with Gasteiger partial charge >= 0.3 is 6.18 Å². The first-order valence-electron chi connectivity index (χ1n) is 11.9. The van der Waals surface area contributed by atoms with Crippen molar-refractivity contribution in [3.63, 3.8) is 0 Å². The molecule has 0 saturated carbocycles. The van der Waals surface area contributed by atoms with Crippen LogP contribution in [0, 0.1) is 17.2 Å². The average molecular weight is 525 g/mol. The highest BCUT2D eigenvalue weighted by molar-refractivity contribution is 6.06. The Balaban J connectivity index is 1.55. The van der Waals surface area contributed by atoms with E-state index in [1.807, 2.05) is 12.2 Å². The van der Waals surface area contributed by atoms with Gasteiger partial charge in [-0.25, -0.2) is 4.39 Å². The quantitative estimate of drug-likeness (QED) is 0.422. The van der Waals surface area contributed by atoms with E-state index in [-0.39, 0.29) is 11.6 Å². The lowest BCUT2D eigenvalue weighted by atomic mass is 9.68. The maximum absolute atomic E-state index is 13.9. The molecule has 5 rings (SSSR count). The number of aryl methyl sites for hydroxylation is 1. The Morgan fingerprint density at radius 3 is 2.42 bits per heavy atom. The number of allylic oxidation sites excluding steroid dienone is 4. The number of alkyl halides is 3. The standard InChI is InChI=1S/C28H24F4N4O2/c1-27(2)24-19(5-4-6-22(24)36(26(27)38)23-13-14-35(3)34-23)16-7-12-21(28(30,31)32)20(15-16)25(37)33-18-10-8-17(29)9-11-18/h4-15,19,24H,1-3H3,(H,33,37). The van der Waals surface area contributed by atoms with Crippen LogP contribution >= 0.6 is 0 Å². The summed E-state index contributed by atoms with van der Waals surface area (Å²) in [6, 6.07) is 9.92. The summed E-state index contributed by atoms with van der Waals surface area (Å²) in [4.78, 5) is 28.1. The topological polar surface area (TPSA) is 67.2 Å². The van der Waals surface area contributed by atoms with Gasteiger partial charge in [-0.15, -0.1) is 0 Å². The molecule has 1 aliphatic heterocycles. The number of halogens is 4. The smallest absolute Gasteiger partial charge is 0.322 e. The summed E-state index contributed by atoms with van der Waals surface area (Å²) in [7, 11) is 1.74. The number of anilines is 2. The highest BCUT2D eigenvalue weighted by Gasteiger charge is 2.55.